The van der Waals surface area contributed by atoms with Crippen molar-refractivity contribution in [3.8, 4) is 0 Å². The van der Waals surface area contributed by atoms with E-state index in [0.717, 1.165) is 5.56 Å². The Morgan fingerprint density at radius 3 is 2.75 bits per heavy atom. The van der Waals surface area contributed by atoms with Gasteiger partial charge >= 0.3 is 0 Å². The minimum absolute atomic E-state index is 0.0280. The highest BCUT2D eigenvalue weighted by molar-refractivity contribution is 7.07. The Morgan fingerprint density at radius 2 is 2.15 bits per heavy atom. The molecule has 0 spiro atoms. The number of hydrogen-bond donors (Lipinski definition) is 0. The number of rotatable bonds is 4. The first-order valence-electron chi connectivity index (χ1n) is 6.01. The van der Waals surface area contributed by atoms with Crippen molar-refractivity contribution in [2.75, 3.05) is 7.05 Å². The quantitative estimate of drug-likeness (QED) is 0.641. The Bertz CT molecular complexity index is 638. The Hall–Kier alpha value is -2.21. The lowest BCUT2D eigenvalue weighted by Gasteiger charge is -2.17. The summed E-state index contributed by atoms with van der Waals surface area (Å²) >= 11 is 1.57. The van der Waals surface area contributed by atoms with Crippen LogP contribution in [-0.2, 0) is 6.54 Å². The summed E-state index contributed by atoms with van der Waals surface area (Å²) < 4.78 is 0. The third-order valence-corrected chi connectivity index (χ3v) is 3.81. The van der Waals surface area contributed by atoms with Gasteiger partial charge in [-0.1, -0.05) is 6.07 Å². The number of carbonyl (C=O) groups is 1. The van der Waals surface area contributed by atoms with Crippen molar-refractivity contribution in [1.82, 2.24) is 4.90 Å². The number of benzene rings is 1. The topological polar surface area (TPSA) is 63.5 Å². The van der Waals surface area contributed by atoms with Gasteiger partial charge in [0.25, 0.3) is 11.6 Å². The highest BCUT2D eigenvalue weighted by Gasteiger charge is 2.20. The number of hydrogen-bond acceptors (Lipinski definition) is 4. The zero-order chi connectivity index (χ0) is 14.7. The molecule has 0 atom stereocenters. The van der Waals surface area contributed by atoms with Crippen LogP contribution in [0.25, 0.3) is 0 Å². The fraction of sp³-hybridized carbons (Fsp3) is 0.214. The molecule has 1 amide bonds. The van der Waals surface area contributed by atoms with Crippen molar-refractivity contribution in [1.29, 1.82) is 0 Å². The van der Waals surface area contributed by atoms with Gasteiger partial charge in [0.1, 0.15) is 0 Å². The summed E-state index contributed by atoms with van der Waals surface area (Å²) in [5, 5.41) is 14.8. The molecule has 0 aliphatic carbocycles. The number of nitrogens with zero attached hydrogens (tertiary/aromatic N) is 2. The molecule has 0 N–H and O–H groups in total. The zero-order valence-electron chi connectivity index (χ0n) is 11.2. The van der Waals surface area contributed by atoms with Crippen LogP contribution in [-0.4, -0.2) is 22.8 Å². The molecule has 6 heteroatoms. The number of nitro benzene ring substituents is 1. The van der Waals surface area contributed by atoms with Gasteiger partial charge in [-0.2, -0.15) is 11.3 Å². The van der Waals surface area contributed by atoms with Gasteiger partial charge in [0.05, 0.1) is 4.92 Å². The fourth-order valence-corrected chi connectivity index (χ4v) is 2.65. The van der Waals surface area contributed by atoms with E-state index < -0.39 is 4.92 Å². The van der Waals surface area contributed by atoms with Crippen LogP contribution >= 0.6 is 11.3 Å². The largest absolute Gasteiger partial charge is 0.337 e. The van der Waals surface area contributed by atoms with Crippen molar-refractivity contribution < 1.29 is 9.72 Å². The Morgan fingerprint density at radius 1 is 1.40 bits per heavy atom. The van der Waals surface area contributed by atoms with E-state index in [1.165, 1.54) is 12.1 Å². The van der Waals surface area contributed by atoms with Crippen LogP contribution in [0, 0.1) is 17.0 Å². The summed E-state index contributed by atoms with van der Waals surface area (Å²) in [6, 6.07) is 6.52. The summed E-state index contributed by atoms with van der Waals surface area (Å²) in [6.07, 6.45) is 0. The van der Waals surface area contributed by atoms with Crippen molar-refractivity contribution in [3.05, 3.63) is 61.8 Å². The van der Waals surface area contributed by atoms with Crippen molar-refractivity contribution >= 4 is 22.9 Å². The first-order chi connectivity index (χ1) is 9.50. The SMILES string of the molecule is Cc1c(C(=O)N(C)Cc2ccsc2)cccc1[N+](=O)[O-]. The third kappa shape index (κ3) is 2.85. The summed E-state index contributed by atoms with van der Waals surface area (Å²) in [5.74, 6) is -0.211. The number of thiophene rings is 1. The first-order valence-corrected chi connectivity index (χ1v) is 6.95. The van der Waals surface area contributed by atoms with Crippen LogP contribution in [0.2, 0.25) is 0 Å². The Labute approximate surface area is 120 Å². The van der Waals surface area contributed by atoms with E-state index >= 15 is 0 Å². The molecule has 20 heavy (non-hydrogen) atoms. The van der Waals surface area contributed by atoms with Gasteiger partial charge in [0.2, 0.25) is 0 Å². The second-order valence-electron chi connectivity index (χ2n) is 4.50. The predicted molar refractivity (Wildman–Crippen MR) is 77.9 cm³/mol. The van der Waals surface area contributed by atoms with E-state index in [2.05, 4.69) is 0 Å². The summed E-state index contributed by atoms with van der Waals surface area (Å²) in [5.41, 5.74) is 1.80. The lowest BCUT2D eigenvalue weighted by atomic mass is 10.1. The van der Waals surface area contributed by atoms with E-state index in [1.807, 2.05) is 16.8 Å². The molecule has 0 saturated carbocycles. The molecule has 1 heterocycles. The molecule has 1 aromatic heterocycles. The number of nitro groups is 1. The van der Waals surface area contributed by atoms with Gasteiger partial charge in [0, 0.05) is 30.8 Å². The normalized spacial score (nSPS) is 10.3. The van der Waals surface area contributed by atoms with E-state index in [0.29, 0.717) is 17.7 Å². The number of amides is 1. The minimum Gasteiger partial charge on any atom is -0.337 e. The van der Waals surface area contributed by atoms with Crippen LogP contribution in [0.3, 0.4) is 0 Å². The van der Waals surface area contributed by atoms with Crippen LogP contribution in [0.4, 0.5) is 5.69 Å². The van der Waals surface area contributed by atoms with Crippen LogP contribution in [0.1, 0.15) is 21.5 Å². The van der Waals surface area contributed by atoms with Gasteiger partial charge in [0.15, 0.2) is 0 Å². The number of carbonyl (C=O) groups excluding carboxylic acids is 1. The maximum atomic E-state index is 12.4. The van der Waals surface area contributed by atoms with Crippen molar-refractivity contribution in [2.24, 2.45) is 0 Å². The highest BCUT2D eigenvalue weighted by Crippen LogP contribution is 2.22. The second-order valence-corrected chi connectivity index (χ2v) is 5.28. The third-order valence-electron chi connectivity index (χ3n) is 3.08. The van der Waals surface area contributed by atoms with Gasteiger partial charge in [-0.3, -0.25) is 14.9 Å². The standard InChI is InChI=1S/C14H14N2O3S/c1-10-12(4-3-5-13(10)16(18)19)14(17)15(2)8-11-6-7-20-9-11/h3-7,9H,8H2,1-2H3. The lowest BCUT2D eigenvalue weighted by Crippen LogP contribution is -2.26. The maximum absolute atomic E-state index is 12.4. The molecule has 1 aromatic carbocycles. The second kappa shape index (κ2) is 5.83. The molecular formula is C14H14N2O3S. The molecule has 0 radical (unpaired) electrons. The molecule has 0 aliphatic heterocycles. The molecule has 5 nitrogen and oxygen atoms in total. The summed E-state index contributed by atoms with van der Waals surface area (Å²) in [7, 11) is 1.69. The molecule has 0 unspecified atom stereocenters. The lowest BCUT2D eigenvalue weighted by molar-refractivity contribution is -0.385. The Balaban J connectivity index is 2.25. The van der Waals surface area contributed by atoms with E-state index in [9.17, 15) is 14.9 Å². The van der Waals surface area contributed by atoms with Crippen molar-refractivity contribution in [3.63, 3.8) is 0 Å². The van der Waals surface area contributed by atoms with Crippen molar-refractivity contribution in [2.45, 2.75) is 13.5 Å². The predicted octanol–water partition coefficient (Wildman–Crippen LogP) is 3.24. The van der Waals surface area contributed by atoms with Gasteiger partial charge in [-0.05, 0) is 35.4 Å². The van der Waals surface area contributed by atoms with Gasteiger partial charge < -0.3 is 4.90 Å². The molecule has 2 rings (SSSR count). The molecule has 0 saturated heterocycles. The average Bonchev–Trinajstić information content (AvgIpc) is 2.90. The monoisotopic (exact) mass is 290 g/mol. The molecular weight excluding hydrogens is 276 g/mol. The van der Waals surface area contributed by atoms with Crippen LogP contribution in [0.15, 0.2) is 35.0 Å². The van der Waals surface area contributed by atoms with E-state index in [4.69, 9.17) is 0 Å². The smallest absolute Gasteiger partial charge is 0.273 e. The highest BCUT2D eigenvalue weighted by atomic mass is 32.1. The summed E-state index contributed by atoms with van der Waals surface area (Å²) in [6.45, 7) is 2.09. The summed E-state index contributed by atoms with van der Waals surface area (Å²) in [4.78, 5) is 24.4. The van der Waals surface area contributed by atoms with Crippen LogP contribution < -0.4 is 0 Å². The minimum atomic E-state index is -0.467. The van der Waals surface area contributed by atoms with Crippen LogP contribution in [0.5, 0.6) is 0 Å². The van der Waals surface area contributed by atoms with E-state index in [-0.39, 0.29) is 11.6 Å². The molecule has 0 bridgehead atoms. The van der Waals surface area contributed by atoms with E-state index in [1.54, 1.807) is 36.3 Å². The molecule has 0 fully saturated rings. The molecule has 104 valence electrons. The Kier molecular flexibility index (Phi) is 4.14. The maximum Gasteiger partial charge on any atom is 0.273 e. The average molecular weight is 290 g/mol. The van der Waals surface area contributed by atoms with Gasteiger partial charge in [-0.15, -0.1) is 0 Å². The first kappa shape index (κ1) is 14.2. The van der Waals surface area contributed by atoms with Gasteiger partial charge in [-0.25, -0.2) is 0 Å². The molecule has 0 aliphatic rings. The zero-order valence-corrected chi connectivity index (χ0v) is 12.0. The fourth-order valence-electron chi connectivity index (χ4n) is 1.99. The molecule has 2 aromatic rings.